The molecule has 0 bridgehead atoms. The van der Waals surface area contributed by atoms with Gasteiger partial charge >= 0.3 is 0 Å². The van der Waals surface area contributed by atoms with Crippen LogP contribution in [0.25, 0.3) is 0 Å². The monoisotopic (exact) mass is 258 g/mol. The van der Waals surface area contributed by atoms with Crippen molar-refractivity contribution < 1.29 is 13.2 Å². The molecule has 0 aliphatic carbocycles. The molecule has 0 spiro atoms. The van der Waals surface area contributed by atoms with E-state index in [0.29, 0.717) is 13.0 Å². The molecule has 1 aromatic heterocycles. The fraction of sp³-hybridized carbons (Fsp3) is 0.636. The third-order valence-electron chi connectivity index (χ3n) is 2.04. The van der Waals surface area contributed by atoms with E-state index in [-0.39, 0.29) is 17.0 Å². The van der Waals surface area contributed by atoms with Crippen molar-refractivity contribution in [1.82, 2.24) is 9.97 Å². The summed E-state index contributed by atoms with van der Waals surface area (Å²) in [4.78, 5) is 7.65. The standard InChI is InChI=1S/C11H18N2O3S/c1-9(2)16-5-4-6-17(14,15)11-12-7-10(3)8-13-11/h7-9H,4-6H2,1-3H3. The molecule has 5 nitrogen and oxygen atoms in total. The molecule has 17 heavy (non-hydrogen) atoms. The van der Waals surface area contributed by atoms with E-state index in [0.717, 1.165) is 5.56 Å². The average molecular weight is 258 g/mol. The summed E-state index contributed by atoms with van der Waals surface area (Å²) in [6.45, 7) is 6.07. The van der Waals surface area contributed by atoms with Crippen molar-refractivity contribution in [2.75, 3.05) is 12.4 Å². The summed E-state index contributed by atoms with van der Waals surface area (Å²) in [7, 11) is -3.38. The Bertz CT molecular complexity index is 440. The maximum absolute atomic E-state index is 11.8. The molecule has 0 saturated heterocycles. The van der Waals surface area contributed by atoms with Gasteiger partial charge in [0.1, 0.15) is 0 Å². The summed E-state index contributed by atoms with van der Waals surface area (Å²) in [5, 5.41) is -0.104. The summed E-state index contributed by atoms with van der Waals surface area (Å²) in [5.41, 5.74) is 0.840. The van der Waals surface area contributed by atoms with Crippen molar-refractivity contribution in [2.24, 2.45) is 0 Å². The molecule has 0 fully saturated rings. The van der Waals surface area contributed by atoms with Crippen LogP contribution in [0.2, 0.25) is 0 Å². The second kappa shape index (κ2) is 6.07. The van der Waals surface area contributed by atoms with Crippen LogP contribution in [0.15, 0.2) is 17.6 Å². The zero-order valence-electron chi connectivity index (χ0n) is 10.4. The number of rotatable bonds is 6. The van der Waals surface area contributed by atoms with Crippen molar-refractivity contribution in [1.29, 1.82) is 0 Å². The lowest BCUT2D eigenvalue weighted by molar-refractivity contribution is 0.0797. The van der Waals surface area contributed by atoms with E-state index in [2.05, 4.69) is 9.97 Å². The van der Waals surface area contributed by atoms with Gasteiger partial charge in [0.15, 0.2) is 0 Å². The molecule has 0 aromatic carbocycles. The van der Waals surface area contributed by atoms with Gasteiger partial charge in [0.25, 0.3) is 0 Å². The summed E-state index contributed by atoms with van der Waals surface area (Å²) >= 11 is 0. The largest absolute Gasteiger partial charge is 0.379 e. The number of ether oxygens (including phenoxy) is 1. The Balaban J connectivity index is 2.54. The topological polar surface area (TPSA) is 69.2 Å². The normalized spacial score (nSPS) is 12.0. The first-order valence-corrected chi connectivity index (χ1v) is 7.20. The molecule has 6 heteroatoms. The van der Waals surface area contributed by atoms with Crippen LogP contribution in [-0.2, 0) is 14.6 Å². The Morgan fingerprint density at radius 1 is 1.29 bits per heavy atom. The van der Waals surface area contributed by atoms with Crippen LogP contribution in [-0.4, -0.2) is 36.8 Å². The molecule has 0 radical (unpaired) electrons. The first-order valence-electron chi connectivity index (χ1n) is 5.55. The highest BCUT2D eigenvalue weighted by Gasteiger charge is 2.17. The van der Waals surface area contributed by atoms with Gasteiger partial charge in [-0.25, -0.2) is 18.4 Å². The fourth-order valence-corrected chi connectivity index (χ4v) is 2.31. The first-order chi connectivity index (χ1) is 7.92. The van der Waals surface area contributed by atoms with E-state index in [1.54, 1.807) is 0 Å². The fourth-order valence-electron chi connectivity index (χ4n) is 1.20. The predicted octanol–water partition coefficient (Wildman–Crippen LogP) is 1.37. The minimum atomic E-state index is -3.38. The second-order valence-electron chi connectivity index (χ2n) is 4.13. The van der Waals surface area contributed by atoms with Crippen LogP contribution in [0.4, 0.5) is 0 Å². The number of aryl methyl sites for hydroxylation is 1. The zero-order valence-corrected chi connectivity index (χ0v) is 11.2. The molecular weight excluding hydrogens is 240 g/mol. The SMILES string of the molecule is Cc1cnc(S(=O)(=O)CCCOC(C)C)nc1. The maximum Gasteiger partial charge on any atom is 0.247 e. The smallest absolute Gasteiger partial charge is 0.247 e. The minimum Gasteiger partial charge on any atom is -0.379 e. The van der Waals surface area contributed by atoms with E-state index in [9.17, 15) is 8.42 Å². The van der Waals surface area contributed by atoms with Crippen molar-refractivity contribution in [2.45, 2.75) is 38.5 Å². The average Bonchev–Trinajstić information content (AvgIpc) is 2.25. The second-order valence-corrected chi connectivity index (χ2v) is 6.14. The summed E-state index contributed by atoms with van der Waals surface area (Å²) in [6, 6.07) is 0. The molecule has 0 aliphatic rings. The number of aromatic nitrogens is 2. The molecule has 0 atom stereocenters. The van der Waals surface area contributed by atoms with Crippen molar-refractivity contribution in [3.05, 3.63) is 18.0 Å². The summed E-state index contributed by atoms with van der Waals surface area (Å²) in [5.74, 6) is 0.0166. The highest BCUT2D eigenvalue weighted by Crippen LogP contribution is 2.06. The maximum atomic E-state index is 11.8. The van der Waals surface area contributed by atoms with Crippen molar-refractivity contribution >= 4 is 9.84 Å². The van der Waals surface area contributed by atoms with Gasteiger partial charge in [0, 0.05) is 19.0 Å². The Hall–Kier alpha value is -1.01. The number of hydrogen-bond donors (Lipinski definition) is 0. The van der Waals surface area contributed by atoms with Gasteiger partial charge in [0.05, 0.1) is 11.9 Å². The Morgan fingerprint density at radius 2 is 1.88 bits per heavy atom. The molecule has 0 unspecified atom stereocenters. The van der Waals surface area contributed by atoms with Crippen LogP contribution in [0.5, 0.6) is 0 Å². The quantitative estimate of drug-likeness (QED) is 0.569. The Kier molecular flexibility index (Phi) is 5.02. The van der Waals surface area contributed by atoms with Crippen molar-refractivity contribution in [3.63, 3.8) is 0 Å². The first kappa shape index (κ1) is 14.1. The molecule has 0 N–H and O–H groups in total. The number of sulfone groups is 1. The van der Waals surface area contributed by atoms with E-state index >= 15 is 0 Å². The third-order valence-corrected chi connectivity index (χ3v) is 3.64. The molecule has 0 aliphatic heterocycles. The lowest BCUT2D eigenvalue weighted by Gasteiger charge is -2.07. The van der Waals surface area contributed by atoms with Gasteiger partial charge in [-0.2, -0.15) is 0 Å². The van der Waals surface area contributed by atoms with Gasteiger partial charge in [-0.1, -0.05) is 0 Å². The van der Waals surface area contributed by atoms with E-state index in [1.165, 1.54) is 12.4 Å². The van der Waals surface area contributed by atoms with Crippen LogP contribution < -0.4 is 0 Å². The number of hydrogen-bond acceptors (Lipinski definition) is 5. The van der Waals surface area contributed by atoms with Gasteiger partial charge in [-0.3, -0.25) is 0 Å². The lowest BCUT2D eigenvalue weighted by atomic mass is 10.4. The molecular formula is C11H18N2O3S. The lowest BCUT2D eigenvalue weighted by Crippen LogP contribution is -2.14. The Labute approximate surface area is 102 Å². The van der Waals surface area contributed by atoms with E-state index in [4.69, 9.17) is 4.74 Å². The van der Waals surface area contributed by atoms with Crippen LogP contribution in [0, 0.1) is 6.92 Å². The van der Waals surface area contributed by atoms with E-state index < -0.39 is 9.84 Å². The highest BCUT2D eigenvalue weighted by molar-refractivity contribution is 7.91. The van der Waals surface area contributed by atoms with Crippen LogP contribution in [0.3, 0.4) is 0 Å². The molecule has 0 amide bonds. The van der Waals surface area contributed by atoms with Gasteiger partial charge in [-0.15, -0.1) is 0 Å². The highest BCUT2D eigenvalue weighted by atomic mass is 32.2. The van der Waals surface area contributed by atoms with Gasteiger partial charge in [-0.05, 0) is 32.8 Å². The van der Waals surface area contributed by atoms with Gasteiger partial charge < -0.3 is 4.74 Å². The molecule has 0 saturated carbocycles. The summed E-state index contributed by atoms with van der Waals surface area (Å²) in [6.07, 6.45) is 3.58. The minimum absolute atomic E-state index is 0.0166. The van der Waals surface area contributed by atoms with Crippen molar-refractivity contribution in [3.8, 4) is 0 Å². The molecule has 1 heterocycles. The predicted molar refractivity (Wildman–Crippen MR) is 64.5 cm³/mol. The van der Waals surface area contributed by atoms with Crippen LogP contribution in [0.1, 0.15) is 25.8 Å². The Morgan fingerprint density at radius 3 is 2.41 bits per heavy atom. The molecule has 96 valence electrons. The molecule has 1 aromatic rings. The summed E-state index contributed by atoms with van der Waals surface area (Å²) < 4.78 is 28.9. The third kappa shape index (κ3) is 4.79. The van der Waals surface area contributed by atoms with Gasteiger partial charge in [0.2, 0.25) is 15.0 Å². The van der Waals surface area contributed by atoms with Crippen LogP contribution >= 0.6 is 0 Å². The number of nitrogens with zero attached hydrogens (tertiary/aromatic N) is 2. The zero-order chi connectivity index (χ0) is 12.9. The molecule has 1 rings (SSSR count). The van der Waals surface area contributed by atoms with E-state index in [1.807, 2.05) is 20.8 Å².